The van der Waals surface area contributed by atoms with Crippen LogP contribution in [0.1, 0.15) is 49.1 Å². The average molecular weight is 559 g/mol. The van der Waals surface area contributed by atoms with Crippen molar-refractivity contribution in [1.82, 2.24) is 14.9 Å². The van der Waals surface area contributed by atoms with Crippen molar-refractivity contribution in [2.75, 3.05) is 42.0 Å². The van der Waals surface area contributed by atoms with Gasteiger partial charge in [0.15, 0.2) is 0 Å². The van der Waals surface area contributed by atoms with Gasteiger partial charge in [0.05, 0.1) is 32.4 Å². The van der Waals surface area contributed by atoms with Crippen LogP contribution in [-0.2, 0) is 5.60 Å². The number of halogens is 1. The molecule has 2 unspecified atom stereocenters. The zero-order valence-electron chi connectivity index (χ0n) is 21.8. The van der Waals surface area contributed by atoms with Crippen LogP contribution in [0.2, 0.25) is 0 Å². The highest BCUT2D eigenvalue weighted by Gasteiger charge is 2.43. The van der Waals surface area contributed by atoms with E-state index in [1.165, 1.54) is 6.42 Å². The Labute approximate surface area is 221 Å². The largest absolute Gasteiger partial charge is 0.481 e. The first-order valence-electron chi connectivity index (χ1n) is 12.4. The minimum Gasteiger partial charge on any atom is -0.481 e. The van der Waals surface area contributed by atoms with E-state index in [9.17, 15) is 5.11 Å². The third-order valence-corrected chi connectivity index (χ3v) is 7.84. The third kappa shape index (κ3) is 5.61. The fourth-order valence-corrected chi connectivity index (χ4v) is 5.43. The minimum atomic E-state index is -1.24. The van der Waals surface area contributed by atoms with Gasteiger partial charge in [-0.1, -0.05) is 35.2 Å². The molecule has 36 heavy (non-hydrogen) atoms. The second-order valence-electron chi connectivity index (χ2n) is 9.93. The van der Waals surface area contributed by atoms with Crippen LogP contribution in [0.3, 0.4) is 0 Å². The van der Waals surface area contributed by atoms with Gasteiger partial charge < -0.3 is 24.2 Å². The SMILES string of the molecule is COc1cc(C(O)(CCN(C)C)C(CC2CCC2)c2cc3cc(Br)ccc3nc2OC)cc(OC)n1. The summed E-state index contributed by atoms with van der Waals surface area (Å²) in [6.07, 6.45) is 4.89. The molecule has 1 aliphatic carbocycles. The lowest BCUT2D eigenvalue weighted by atomic mass is 9.68. The van der Waals surface area contributed by atoms with Crippen LogP contribution in [0, 0.1) is 5.92 Å². The molecule has 0 bridgehead atoms. The van der Waals surface area contributed by atoms with E-state index in [0.29, 0.717) is 42.1 Å². The molecule has 2 aromatic heterocycles. The first kappa shape index (κ1) is 26.6. The van der Waals surface area contributed by atoms with Gasteiger partial charge >= 0.3 is 0 Å². The van der Waals surface area contributed by atoms with Gasteiger partial charge in [-0.15, -0.1) is 0 Å². The van der Waals surface area contributed by atoms with Crippen LogP contribution in [0.5, 0.6) is 17.6 Å². The van der Waals surface area contributed by atoms with Gasteiger partial charge in [-0.05, 0) is 62.7 Å². The molecule has 1 aromatic carbocycles. The second kappa shape index (κ2) is 11.3. The molecule has 4 rings (SSSR count). The molecule has 0 radical (unpaired) electrons. The van der Waals surface area contributed by atoms with E-state index in [4.69, 9.17) is 19.2 Å². The molecule has 194 valence electrons. The van der Waals surface area contributed by atoms with E-state index in [-0.39, 0.29) is 5.92 Å². The van der Waals surface area contributed by atoms with E-state index < -0.39 is 5.60 Å². The molecule has 7 nitrogen and oxygen atoms in total. The highest BCUT2D eigenvalue weighted by atomic mass is 79.9. The predicted octanol–water partition coefficient (Wildman–Crippen LogP) is 5.53. The summed E-state index contributed by atoms with van der Waals surface area (Å²) in [6, 6.07) is 11.8. The molecule has 1 saturated carbocycles. The maximum Gasteiger partial charge on any atom is 0.217 e. The first-order chi connectivity index (χ1) is 17.3. The lowest BCUT2D eigenvalue weighted by Crippen LogP contribution is -2.39. The van der Waals surface area contributed by atoms with Crippen LogP contribution < -0.4 is 14.2 Å². The Bertz CT molecular complexity index is 1180. The first-order valence-corrected chi connectivity index (χ1v) is 13.2. The number of benzene rings is 1. The van der Waals surface area contributed by atoms with Crippen molar-refractivity contribution in [2.24, 2.45) is 5.92 Å². The zero-order chi connectivity index (χ0) is 25.9. The molecule has 0 amide bonds. The van der Waals surface area contributed by atoms with Gasteiger partial charge in [0.1, 0.15) is 0 Å². The van der Waals surface area contributed by atoms with Crippen LogP contribution >= 0.6 is 15.9 Å². The van der Waals surface area contributed by atoms with Crippen LogP contribution in [0.25, 0.3) is 10.9 Å². The van der Waals surface area contributed by atoms with E-state index >= 15 is 0 Å². The number of aromatic nitrogens is 2. The Morgan fingerprint density at radius 2 is 1.72 bits per heavy atom. The standard InChI is InChI=1S/C28H36BrN3O4/c1-32(2)12-11-28(33,20-16-25(34-3)31-26(17-20)35-4)23(13-18-7-6-8-18)22-15-19-14-21(29)9-10-24(19)30-27(22)36-5/h9-10,14-18,23,33H,6-8,11-13H2,1-5H3. The summed E-state index contributed by atoms with van der Waals surface area (Å²) in [4.78, 5) is 11.3. The van der Waals surface area contributed by atoms with Crippen molar-refractivity contribution in [3.63, 3.8) is 0 Å². The smallest absolute Gasteiger partial charge is 0.217 e. The molecule has 0 aliphatic heterocycles. The summed E-state index contributed by atoms with van der Waals surface area (Å²) in [5.41, 5.74) is 1.24. The van der Waals surface area contributed by atoms with E-state index in [1.54, 1.807) is 21.3 Å². The zero-order valence-corrected chi connectivity index (χ0v) is 23.3. The summed E-state index contributed by atoms with van der Waals surface area (Å²) < 4.78 is 17.8. The fraction of sp³-hybridized carbons (Fsp3) is 0.500. The Morgan fingerprint density at radius 3 is 2.28 bits per heavy atom. The number of rotatable bonds is 11. The van der Waals surface area contributed by atoms with Gasteiger partial charge in [-0.3, -0.25) is 0 Å². The van der Waals surface area contributed by atoms with Crippen molar-refractivity contribution in [1.29, 1.82) is 0 Å². The Kier molecular flexibility index (Phi) is 8.37. The van der Waals surface area contributed by atoms with Crippen molar-refractivity contribution >= 4 is 26.8 Å². The lowest BCUT2D eigenvalue weighted by molar-refractivity contribution is -0.0193. The number of hydrogen-bond donors (Lipinski definition) is 1. The highest BCUT2D eigenvalue weighted by molar-refractivity contribution is 9.10. The van der Waals surface area contributed by atoms with Crippen molar-refractivity contribution < 1.29 is 19.3 Å². The van der Waals surface area contributed by atoms with E-state index in [0.717, 1.165) is 40.2 Å². The summed E-state index contributed by atoms with van der Waals surface area (Å²) in [6.45, 7) is 0.694. The number of aliphatic hydroxyl groups is 1. The Balaban J connectivity index is 1.94. The Hall–Kier alpha value is -2.42. The maximum absolute atomic E-state index is 12.7. The second-order valence-corrected chi connectivity index (χ2v) is 10.8. The number of fused-ring (bicyclic) bond motifs is 1. The molecule has 3 aromatic rings. The third-order valence-electron chi connectivity index (χ3n) is 7.35. The summed E-state index contributed by atoms with van der Waals surface area (Å²) in [5, 5.41) is 13.7. The van der Waals surface area contributed by atoms with Crippen molar-refractivity contribution in [3.8, 4) is 17.6 Å². The van der Waals surface area contributed by atoms with Gasteiger partial charge in [0.25, 0.3) is 0 Å². The van der Waals surface area contributed by atoms with Gasteiger partial charge in [-0.2, -0.15) is 4.98 Å². The van der Waals surface area contributed by atoms with Gasteiger partial charge in [0.2, 0.25) is 17.6 Å². The van der Waals surface area contributed by atoms with Crippen molar-refractivity contribution in [3.05, 3.63) is 52.0 Å². The number of methoxy groups -OCH3 is 3. The number of hydrogen-bond acceptors (Lipinski definition) is 7. The molecular formula is C28H36BrN3O4. The summed E-state index contributed by atoms with van der Waals surface area (Å²) in [7, 11) is 8.83. The summed E-state index contributed by atoms with van der Waals surface area (Å²) in [5.74, 6) is 1.63. The quantitative estimate of drug-likeness (QED) is 0.332. The molecule has 1 fully saturated rings. The highest BCUT2D eigenvalue weighted by Crippen LogP contribution is 2.50. The van der Waals surface area contributed by atoms with Crippen LogP contribution in [0.15, 0.2) is 40.9 Å². The van der Waals surface area contributed by atoms with Gasteiger partial charge in [-0.25, -0.2) is 4.98 Å². The van der Waals surface area contributed by atoms with E-state index in [1.807, 2.05) is 38.4 Å². The minimum absolute atomic E-state index is 0.259. The molecule has 1 aliphatic rings. The normalized spacial score (nSPS) is 16.4. The van der Waals surface area contributed by atoms with Gasteiger partial charge in [0, 0.05) is 40.0 Å². The number of pyridine rings is 2. The number of nitrogens with zero attached hydrogens (tertiary/aromatic N) is 3. The average Bonchev–Trinajstić information content (AvgIpc) is 2.85. The molecule has 2 atom stereocenters. The van der Waals surface area contributed by atoms with Crippen LogP contribution in [0.4, 0.5) is 0 Å². The molecule has 8 heteroatoms. The molecule has 0 saturated heterocycles. The maximum atomic E-state index is 12.7. The fourth-order valence-electron chi connectivity index (χ4n) is 5.05. The monoisotopic (exact) mass is 557 g/mol. The van der Waals surface area contributed by atoms with Crippen LogP contribution in [-0.4, -0.2) is 61.9 Å². The molecular weight excluding hydrogens is 522 g/mol. The Morgan fingerprint density at radius 1 is 1.03 bits per heavy atom. The summed E-state index contributed by atoms with van der Waals surface area (Å²) >= 11 is 3.59. The molecule has 2 heterocycles. The predicted molar refractivity (Wildman–Crippen MR) is 145 cm³/mol. The molecule has 1 N–H and O–H groups in total. The molecule has 0 spiro atoms. The van der Waals surface area contributed by atoms with E-state index in [2.05, 4.69) is 37.9 Å². The van der Waals surface area contributed by atoms with Crippen molar-refractivity contribution in [2.45, 2.75) is 43.6 Å². The topological polar surface area (TPSA) is 76.9 Å². The lowest BCUT2D eigenvalue weighted by Gasteiger charge is -2.41. The number of ether oxygens (including phenoxy) is 3.